The highest BCUT2D eigenvalue weighted by molar-refractivity contribution is 4.85. The maximum Gasteiger partial charge on any atom is 0.00130 e. The summed E-state index contributed by atoms with van der Waals surface area (Å²) in [5.41, 5.74) is 5.98. The van der Waals surface area contributed by atoms with E-state index in [0.717, 1.165) is 30.2 Å². The molecule has 0 amide bonds. The van der Waals surface area contributed by atoms with Crippen LogP contribution >= 0.6 is 0 Å². The van der Waals surface area contributed by atoms with Gasteiger partial charge in [0.15, 0.2) is 0 Å². The molecule has 3 aliphatic carbocycles. The Balaban J connectivity index is 1.51. The van der Waals surface area contributed by atoms with Crippen LogP contribution in [0.2, 0.25) is 0 Å². The minimum absolute atomic E-state index is 0.819. The first kappa shape index (κ1) is 12.9. The van der Waals surface area contributed by atoms with Gasteiger partial charge in [-0.2, -0.15) is 0 Å². The number of nitrogens with zero attached hydrogens (tertiary/aromatic N) is 1. The molecule has 0 aromatic rings. The summed E-state index contributed by atoms with van der Waals surface area (Å²) in [6, 6.07) is 0. The second kappa shape index (κ2) is 5.92. The fourth-order valence-electron chi connectivity index (χ4n) is 3.72. The van der Waals surface area contributed by atoms with Crippen LogP contribution in [0.1, 0.15) is 51.4 Å². The number of hydrogen-bond donors (Lipinski definition) is 1. The SMILES string of the molecule is NCC1CCCCC1CN(CC1CC1)CC1CC1. The van der Waals surface area contributed by atoms with Gasteiger partial charge in [0.05, 0.1) is 0 Å². The first-order valence-electron chi connectivity index (χ1n) is 8.27. The third-order valence-electron chi connectivity index (χ3n) is 5.29. The molecule has 2 N–H and O–H groups in total. The van der Waals surface area contributed by atoms with Crippen LogP contribution in [-0.2, 0) is 0 Å². The lowest BCUT2D eigenvalue weighted by molar-refractivity contribution is 0.146. The molecule has 0 bridgehead atoms. The average Bonchev–Trinajstić information content (AvgIpc) is 3.26. The smallest absolute Gasteiger partial charge is 0.00130 e. The van der Waals surface area contributed by atoms with Crippen molar-refractivity contribution in [2.45, 2.75) is 51.4 Å². The number of nitrogens with two attached hydrogens (primary N) is 1. The zero-order valence-corrected chi connectivity index (χ0v) is 11.8. The second-order valence-electron chi connectivity index (χ2n) is 7.15. The fourth-order valence-corrected chi connectivity index (χ4v) is 3.72. The van der Waals surface area contributed by atoms with Gasteiger partial charge in [-0.05, 0) is 68.7 Å². The summed E-state index contributed by atoms with van der Waals surface area (Å²) in [7, 11) is 0. The highest BCUT2D eigenvalue weighted by atomic mass is 15.1. The summed E-state index contributed by atoms with van der Waals surface area (Å²) in [4.78, 5) is 2.81. The van der Waals surface area contributed by atoms with E-state index in [4.69, 9.17) is 5.73 Å². The molecule has 104 valence electrons. The van der Waals surface area contributed by atoms with Gasteiger partial charge in [-0.1, -0.05) is 12.8 Å². The quantitative estimate of drug-likeness (QED) is 0.753. The molecule has 2 unspecified atom stereocenters. The van der Waals surface area contributed by atoms with Crippen molar-refractivity contribution in [3.8, 4) is 0 Å². The van der Waals surface area contributed by atoms with E-state index < -0.39 is 0 Å². The van der Waals surface area contributed by atoms with Crippen LogP contribution in [0.4, 0.5) is 0 Å². The average molecular weight is 250 g/mol. The molecule has 0 radical (unpaired) electrons. The first-order chi connectivity index (χ1) is 8.85. The van der Waals surface area contributed by atoms with Crippen LogP contribution < -0.4 is 5.73 Å². The van der Waals surface area contributed by atoms with Gasteiger partial charge in [0.25, 0.3) is 0 Å². The van der Waals surface area contributed by atoms with Crippen LogP contribution in [0.5, 0.6) is 0 Å². The van der Waals surface area contributed by atoms with Crippen LogP contribution in [0.25, 0.3) is 0 Å². The maximum absolute atomic E-state index is 5.98. The van der Waals surface area contributed by atoms with Crippen molar-refractivity contribution >= 4 is 0 Å². The molecular formula is C16H30N2. The van der Waals surface area contributed by atoms with E-state index in [1.54, 1.807) is 0 Å². The summed E-state index contributed by atoms with van der Waals surface area (Å²) >= 11 is 0. The topological polar surface area (TPSA) is 29.3 Å². The van der Waals surface area contributed by atoms with Crippen molar-refractivity contribution in [1.82, 2.24) is 4.90 Å². The van der Waals surface area contributed by atoms with Gasteiger partial charge in [0.1, 0.15) is 0 Å². The Bertz CT molecular complexity index is 244. The lowest BCUT2D eigenvalue weighted by Crippen LogP contribution is -2.39. The minimum Gasteiger partial charge on any atom is -0.330 e. The van der Waals surface area contributed by atoms with Gasteiger partial charge in [-0.3, -0.25) is 0 Å². The monoisotopic (exact) mass is 250 g/mol. The predicted molar refractivity (Wildman–Crippen MR) is 76.4 cm³/mol. The van der Waals surface area contributed by atoms with E-state index in [0.29, 0.717) is 0 Å². The Kier molecular flexibility index (Phi) is 4.25. The zero-order valence-electron chi connectivity index (χ0n) is 11.8. The van der Waals surface area contributed by atoms with E-state index in [2.05, 4.69) is 4.90 Å². The van der Waals surface area contributed by atoms with Gasteiger partial charge in [0, 0.05) is 19.6 Å². The molecule has 3 rings (SSSR count). The Hall–Kier alpha value is -0.0800. The third-order valence-corrected chi connectivity index (χ3v) is 5.29. The van der Waals surface area contributed by atoms with E-state index in [-0.39, 0.29) is 0 Å². The van der Waals surface area contributed by atoms with E-state index >= 15 is 0 Å². The molecule has 3 fully saturated rings. The predicted octanol–water partition coefficient (Wildman–Crippen LogP) is 2.87. The van der Waals surface area contributed by atoms with E-state index in [1.165, 1.54) is 71.0 Å². The summed E-state index contributed by atoms with van der Waals surface area (Å²) in [5.74, 6) is 3.81. The molecule has 0 saturated heterocycles. The lowest BCUT2D eigenvalue weighted by atomic mass is 9.79. The van der Waals surface area contributed by atoms with Crippen LogP contribution in [0.3, 0.4) is 0 Å². The summed E-state index contributed by atoms with van der Waals surface area (Å²) < 4.78 is 0. The van der Waals surface area contributed by atoms with Crippen molar-refractivity contribution in [1.29, 1.82) is 0 Å². The number of rotatable bonds is 7. The van der Waals surface area contributed by atoms with Crippen molar-refractivity contribution in [3.05, 3.63) is 0 Å². The molecule has 2 nitrogen and oxygen atoms in total. The molecule has 2 atom stereocenters. The van der Waals surface area contributed by atoms with Gasteiger partial charge >= 0.3 is 0 Å². The highest BCUT2D eigenvalue weighted by Crippen LogP contribution is 2.36. The Morgan fingerprint density at radius 3 is 1.78 bits per heavy atom. The van der Waals surface area contributed by atoms with Gasteiger partial charge < -0.3 is 10.6 Å². The molecule has 0 aliphatic heterocycles. The highest BCUT2D eigenvalue weighted by Gasteiger charge is 2.32. The van der Waals surface area contributed by atoms with Crippen molar-refractivity contribution in [2.75, 3.05) is 26.2 Å². The van der Waals surface area contributed by atoms with E-state index in [1.807, 2.05) is 0 Å². The third kappa shape index (κ3) is 3.71. The van der Waals surface area contributed by atoms with Gasteiger partial charge in [0.2, 0.25) is 0 Å². The second-order valence-corrected chi connectivity index (χ2v) is 7.15. The van der Waals surface area contributed by atoms with E-state index in [9.17, 15) is 0 Å². The molecule has 2 heteroatoms. The molecule has 0 heterocycles. The standard InChI is InChI=1S/C16H30N2/c17-9-15-3-1-2-4-16(15)12-18(10-13-5-6-13)11-14-7-8-14/h13-16H,1-12,17H2. The normalized spacial score (nSPS) is 33.0. The van der Waals surface area contributed by atoms with Crippen LogP contribution in [0, 0.1) is 23.7 Å². The molecule has 0 aromatic heterocycles. The fraction of sp³-hybridized carbons (Fsp3) is 1.00. The Morgan fingerprint density at radius 1 is 0.722 bits per heavy atom. The van der Waals surface area contributed by atoms with Crippen molar-refractivity contribution < 1.29 is 0 Å². The molecule has 3 aliphatic rings. The summed E-state index contributed by atoms with van der Waals surface area (Å²) in [6.07, 6.45) is 11.7. The first-order valence-corrected chi connectivity index (χ1v) is 8.27. The zero-order chi connectivity index (χ0) is 12.4. The van der Waals surface area contributed by atoms with Crippen molar-refractivity contribution in [3.63, 3.8) is 0 Å². The molecule has 0 spiro atoms. The largest absolute Gasteiger partial charge is 0.330 e. The molecular weight excluding hydrogens is 220 g/mol. The molecule has 18 heavy (non-hydrogen) atoms. The Labute approximate surface area is 112 Å². The lowest BCUT2D eigenvalue weighted by Gasteiger charge is -2.35. The molecule has 3 saturated carbocycles. The maximum atomic E-state index is 5.98. The van der Waals surface area contributed by atoms with Crippen molar-refractivity contribution in [2.24, 2.45) is 29.4 Å². The minimum atomic E-state index is 0.819. The summed E-state index contributed by atoms with van der Waals surface area (Å²) in [5, 5.41) is 0. The molecule has 0 aromatic carbocycles. The van der Waals surface area contributed by atoms with Gasteiger partial charge in [-0.15, -0.1) is 0 Å². The van der Waals surface area contributed by atoms with Crippen LogP contribution in [-0.4, -0.2) is 31.1 Å². The van der Waals surface area contributed by atoms with Crippen LogP contribution in [0.15, 0.2) is 0 Å². The van der Waals surface area contributed by atoms with Gasteiger partial charge in [-0.25, -0.2) is 0 Å². The summed E-state index contributed by atoms with van der Waals surface area (Å²) in [6.45, 7) is 5.06. The number of hydrogen-bond acceptors (Lipinski definition) is 2. The Morgan fingerprint density at radius 2 is 1.28 bits per heavy atom.